The summed E-state index contributed by atoms with van der Waals surface area (Å²) in [6.07, 6.45) is 0.389. The molecule has 0 spiro atoms. The molecule has 21 heavy (non-hydrogen) atoms. The summed E-state index contributed by atoms with van der Waals surface area (Å²) in [6.45, 7) is 5.27. The molecular formula is C15H16FN3OS. The zero-order valence-electron chi connectivity index (χ0n) is 11.9. The second-order valence-electron chi connectivity index (χ2n) is 5.13. The Balaban J connectivity index is 1.93. The number of hydrogen-bond donors (Lipinski definition) is 1. The van der Waals surface area contributed by atoms with Crippen molar-refractivity contribution in [2.45, 2.75) is 26.8 Å². The fourth-order valence-corrected chi connectivity index (χ4v) is 3.34. The summed E-state index contributed by atoms with van der Waals surface area (Å²) in [7, 11) is 0. The zero-order chi connectivity index (χ0) is 15.0. The third-order valence-electron chi connectivity index (χ3n) is 3.58. The van der Waals surface area contributed by atoms with Crippen LogP contribution in [0.15, 0.2) is 18.2 Å². The van der Waals surface area contributed by atoms with Crippen molar-refractivity contribution in [3.05, 3.63) is 39.6 Å². The first-order chi connectivity index (χ1) is 10.0. The highest BCUT2D eigenvalue weighted by Gasteiger charge is 2.20. The van der Waals surface area contributed by atoms with Gasteiger partial charge in [0.15, 0.2) is 0 Å². The molecule has 2 heterocycles. The number of halogens is 1. The number of aryl methyl sites for hydroxylation is 2. The molecule has 0 unspecified atom stereocenters. The molecular weight excluding hydrogens is 289 g/mol. The highest BCUT2D eigenvalue weighted by atomic mass is 32.1. The molecule has 1 amide bonds. The quantitative estimate of drug-likeness (QED) is 0.926. The van der Waals surface area contributed by atoms with Crippen LogP contribution in [0.25, 0.3) is 0 Å². The molecule has 1 aromatic carbocycles. The standard InChI is InChI=1S/C15H16FN3OS/c1-9-10(2)21-15(17-9)8-19-6-5-14(20)18-12-7-11(16)3-4-13(12)19/h3-4,7H,5-6,8H2,1-2H3,(H,18,20). The summed E-state index contributed by atoms with van der Waals surface area (Å²) in [4.78, 5) is 19.6. The Morgan fingerprint density at radius 3 is 2.95 bits per heavy atom. The van der Waals surface area contributed by atoms with Crippen molar-refractivity contribution in [1.29, 1.82) is 0 Å². The van der Waals surface area contributed by atoms with Gasteiger partial charge in [0.25, 0.3) is 0 Å². The lowest BCUT2D eigenvalue weighted by Gasteiger charge is -2.23. The summed E-state index contributed by atoms with van der Waals surface area (Å²) >= 11 is 1.66. The van der Waals surface area contributed by atoms with E-state index in [-0.39, 0.29) is 11.7 Å². The molecule has 4 nitrogen and oxygen atoms in total. The molecule has 1 aliphatic heterocycles. The van der Waals surface area contributed by atoms with E-state index in [9.17, 15) is 9.18 Å². The third kappa shape index (κ3) is 2.90. The van der Waals surface area contributed by atoms with E-state index in [0.717, 1.165) is 16.4 Å². The Kier molecular flexibility index (Phi) is 3.63. The molecule has 2 aromatic rings. The summed E-state index contributed by atoms with van der Waals surface area (Å²) in [5.74, 6) is -0.437. The fourth-order valence-electron chi connectivity index (χ4n) is 2.39. The Morgan fingerprint density at radius 2 is 2.24 bits per heavy atom. The topological polar surface area (TPSA) is 45.2 Å². The normalized spacial score (nSPS) is 14.6. The number of thiazole rings is 1. The number of benzene rings is 1. The van der Waals surface area contributed by atoms with Crippen molar-refractivity contribution in [3.8, 4) is 0 Å². The van der Waals surface area contributed by atoms with Gasteiger partial charge in [-0.25, -0.2) is 9.37 Å². The first-order valence-electron chi connectivity index (χ1n) is 6.80. The van der Waals surface area contributed by atoms with E-state index in [1.807, 2.05) is 13.8 Å². The van der Waals surface area contributed by atoms with E-state index in [0.29, 0.717) is 25.2 Å². The van der Waals surface area contributed by atoms with Crippen molar-refractivity contribution in [2.24, 2.45) is 0 Å². The number of hydrogen-bond acceptors (Lipinski definition) is 4. The van der Waals surface area contributed by atoms with Crippen LogP contribution in [0.5, 0.6) is 0 Å². The number of nitrogens with one attached hydrogen (secondary N) is 1. The largest absolute Gasteiger partial charge is 0.363 e. The number of amides is 1. The average molecular weight is 305 g/mol. The lowest BCUT2D eigenvalue weighted by Crippen LogP contribution is -2.23. The fraction of sp³-hybridized carbons (Fsp3) is 0.333. The monoisotopic (exact) mass is 305 g/mol. The number of carbonyl (C=O) groups excluding carboxylic acids is 1. The van der Waals surface area contributed by atoms with Crippen molar-refractivity contribution < 1.29 is 9.18 Å². The predicted molar refractivity (Wildman–Crippen MR) is 82.3 cm³/mol. The van der Waals surface area contributed by atoms with Crippen LogP contribution < -0.4 is 10.2 Å². The van der Waals surface area contributed by atoms with E-state index in [1.165, 1.54) is 17.0 Å². The Hall–Kier alpha value is -1.95. The third-order valence-corrected chi connectivity index (χ3v) is 4.64. The lowest BCUT2D eigenvalue weighted by atomic mass is 10.2. The van der Waals surface area contributed by atoms with Crippen LogP contribution >= 0.6 is 11.3 Å². The molecule has 6 heteroatoms. The molecule has 3 rings (SSSR count). The van der Waals surface area contributed by atoms with Crippen LogP contribution in [-0.4, -0.2) is 17.4 Å². The molecule has 0 atom stereocenters. The molecule has 0 saturated carbocycles. The molecule has 1 aliphatic rings. The summed E-state index contributed by atoms with van der Waals surface area (Å²) in [6, 6.07) is 4.50. The lowest BCUT2D eigenvalue weighted by molar-refractivity contribution is -0.115. The van der Waals surface area contributed by atoms with Gasteiger partial charge >= 0.3 is 0 Å². The van der Waals surface area contributed by atoms with Crippen LogP contribution in [-0.2, 0) is 11.3 Å². The Bertz CT molecular complexity index is 679. The van der Waals surface area contributed by atoms with Gasteiger partial charge in [0, 0.05) is 17.8 Å². The maximum absolute atomic E-state index is 13.4. The van der Waals surface area contributed by atoms with Gasteiger partial charge in [-0.15, -0.1) is 11.3 Å². The van der Waals surface area contributed by atoms with Gasteiger partial charge in [0.1, 0.15) is 10.8 Å². The highest BCUT2D eigenvalue weighted by Crippen LogP contribution is 2.31. The number of anilines is 2. The van der Waals surface area contributed by atoms with Crippen molar-refractivity contribution in [1.82, 2.24) is 4.98 Å². The predicted octanol–water partition coefficient (Wildman–Crippen LogP) is 3.25. The number of nitrogens with zero attached hydrogens (tertiary/aromatic N) is 2. The van der Waals surface area contributed by atoms with E-state index >= 15 is 0 Å². The van der Waals surface area contributed by atoms with Gasteiger partial charge in [-0.1, -0.05) is 0 Å². The maximum atomic E-state index is 13.4. The highest BCUT2D eigenvalue weighted by molar-refractivity contribution is 7.11. The minimum Gasteiger partial charge on any atom is -0.363 e. The smallest absolute Gasteiger partial charge is 0.226 e. The summed E-state index contributed by atoms with van der Waals surface area (Å²) in [5.41, 5.74) is 2.41. The zero-order valence-corrected chi connectivity index (χ0v) is 12.8. The van der Waals surface area contributed by atoms with E-state index in [1.54, 1.807) is 17.4 Å². The van der Waals surface area contributed by atoms with Gasteiger partial charge in [-0.3, -0.25) is 4.79 Å². The Morgan fingerprint density at radius 1 is 1.43 bits per heavy atom. The van der Waals surface area contributed by atoms with Crippen molar-refractivity contribution in [2.75, 3.05) is 16.8 Å². The molecule has 0 bridgehead atoms. The van der Waals surface area contributed by atoms with E-state index < -0.39 is 0 Å². The molecule has 1 aromatic heterocycles. The molecule has 0 saturated heterocycles. The molecule has 0 radical (unpaired) electrons. The van der Waals surface area contributed by atoms with Gasteiger partial charge in [0.2, 0.25) is 5.91 Å². The number of aromatic nitrogens is 1. The molecule has 0 aliphatic carbocycles. The van der Waals surface area contributed by atoms with Crippen LogP contribution in [0.1, 0.15) is 22.0 Å². The van der Waals surface area contributed by atoms with Crippen LogP contribution in [0.4, 0.5) is 15.8 Å². The minimum atomic E-state index is -0.350. The average Bonchev–Trinajstić information content (AvgIpc) is 2.64. The van der Waals surface area contributed by atoms with Gasteiger partial charge < -0.3 is 10.2 Å². The first-order valence-corrected chi connectivity index (χ1v) is 7.62. The second-order valence-corrected chi connectivity index (χ2v) is 6.42. The summed E-state index contributed by atoms with van der Waals surface area (Å²) < 4.78 is 13.4. The number of rotatable bonds is 2. The van der Waals surface area contributed by atoms with Gasteiger partial charge in [-0.2, -0.15) is 0 Å². The first kappa shape index (κ1) is 14.0. The minimum absolute atomic E-state index is 0.0872. The maximum Gasteiger partial charge on any atom is 0.226 e. The number of carbonyl (C=O) groups is 1. The SMILES string of the molecule is Cc1nc(CN2CCC(=O)Nc3cc(F)ccc32)sc1C. The molecule has 0 fully saturated rings. The van der Waals surface area contributed by atoms with Gasteiger partial charge in [0.05, 0.1) is 23.6 Å². The van der Waals surface area contributed by atoms with Crippen LogP contribution in [0.3, 0.4) is 0 Å². The van der Waals surface area contributed by atoms with E-state index in [2.05, 4.69) is 15.2 Å². The van der Waals surface area contributed by atoms with Crippen LogP contribution in [0, 0.1) is 19.7 Å². The van der Waals surface area contributed by atoms with Gasteiger partial charge in [-0.05, 0) is 32.0 Å². The van der Waals surface area contributed by atoms with Crippen molar-refractivity contribution in [3.63, 3.8) is 0 Å². The summed E-state index contributed by atoms with van der Waals surface area (Å²) in [5, 5.41) is 3.77. The van der Waals surface area contributed by atoms with E-state index in [4.69, 9.17) is 0 Å². The number of fused-ring (bicyclic) bond motifs is 1. The van der Waals surface area contributed by atoms with Crippen molar-refractivity contribution >= 4 is 28.6 Å². The Labute approximate surface area is 126 Å². The molecule has 110 valence electrons. The van der Waals surface area contributed by atoms with Crippen LogP contribution in [0.2, 0.25) is 0 Å². The second kappa shape index (κ2) is 5.44. The molecule has 1 N–H and O–H groups in total.